The molecule has 1 heterocycles. The highest BCUT2D eigenvalue weighted by Gasteiger charge is 2.08. The number of nitrogens with one attached hydrogen (secondary N) is 1. The maximum atomic E-state index is 13.7. The maximum Gasteiger partial charge on any atom is 0.263 e. The van der Waals surface area contributed by atoms with E-state index in [0.29, 0.717) is 29.6 Å². The van der Waals surface area contributed by atoms with E-state index in [1.807, 2.05) is 6.92 Å². The van der Waals surface area contributed by atoms with Crippen molar-refractivity contribution in [2.75, 3.05) is 17.9 Å². The highest BCUT2D eigenvalue weighted by Crippen LogP contribution is 2.29. The van der Waals surface area contributed by atoms with Crippen LogP contribution >= 0.6 is 12.4 Å². The number of hydrogen-bond donors (Lipinski definition) is 2. The van der Waals surface area contributed by atoms with Gasteiger partial charge in [0.1, 0.15) is 18.8 Å². The number of aromatic nitrogens is 3. The summed E-state index contributed by atoms with van der Waals surface area (Å²) in [5, 5.41) is 11.5. The summed E-state index contributed by atoms with van der Waals surface area (Å²) in [6.07, 6.45) is 2.94. The first-order valence-electron chi connectivity index (χ1n) is 8.24. The predicted octanol–water partition coefficient (Wildman–Crippen LogP) is 2.98. The first-order chi connectivity index (χ1) is 13.2. The molecule has 148 valence electrons. The molecule has 28 heavy (non-hydrogen) atoms. The zero-order chi connectivity index (χ0) is 19.1. The number of anilines is 1. The number of benzene rings is 2. The Bertz CT molecular complexity index is 934. The Kier molecular flexibility index (Phi) is 7.58. The van der Waals surface area contributed by atoms with Crippen LogP contribution in [0.15, 0.2) is 53.9 Å². The molecule has 0 radical (unpaired) electrons. The third-order valence-corrected chi connectivity index (χ3v) is 3.56. The lowest BCUT2D eigenvalue weighted by Gasteiger charge is -2.13. The fraction of sp³-hybridized carbons (Fsp3) is 0.167. The zero-order valence-electron chi connectivity index (χ0n) is 15.1. The number of ether oxygens (including phenoxy) is 2. The summed E-state index contributed by atoms with van der Waals surface area (Å²) in [5.74, 6) is 6.65. The van der Waals surface area contributed by atoms with Crippen molar-refractivity contribution >= 4 is 24.6 Å². The van der Waals surface area contributed by atoms with E-state index in [4.69, 9.17) is 15.3 Å². The van der Waals surface area contributed by atoms with Gasteiger partial charge in [-0.05, 0) is 36.8 Å². The van der Waals surface area contributed by atoms with Crippen molar-refractivity contribution in [3.63, 3.8) is 0 Å². The summed E-state index contributed by atoms with van der Waals surface area (Å²) in [7, 11) is 0. The first kappa shape index (κ1) is 21.0. The minimum Gasteiger partial charge on any atom is -0.490 e. The van der Waals surface area contributed by atoms with Gasteiger partial charge in [-0.2, -0.15) is 5.10 Å². The normalized spacial score (nSPS) is 10.5. The Morgan fingerprint density at radius 1 is 1.21 bits per heavy atom. The fourth-order valence-corrected chi connectivity index (χ4v) is 2.25. The average molecular weight is 407 g/mol. The highest BCUT2D eigenvalue weighted by atomic mass is 35.5. The summed E-state index contributed by atoms with van der Waals surface area (Å²) in [4.78, 5) is 0. The second kappa shape index (κ2) is 10.1. The summed E-state index contributed by atoms with van der Waals surface area (Å²) in [6.45, 7) is 2.44. The molecule has 0 amide bonds. The predicted molar refractivity (Wildman–Crippen MR) is 107 cm³/mol. The lowest BCUT2D eigenvalue weighted by atomic mass is 10.2. The van der Waals surface area contributed by atoms with Crippen LogP contribution in [-0.2, 0) is 6.61 Å². The second-order valence-electron chi connectivity index (χ2n) is 5.45. The molecule has 3 N–H and O–H groups in total. The van der Waals surface area contributed by atoms with Crippen LogP contribution in [-0.4, -0.2) is 27.7 Å². The number of hydrazone groups is 1. The molecule has 3 aromatic rings. The molecule has 0 saturated heterocycles. The number of halogens is 2. The van der Waals surface area contributed by atoms with Crippen LogP contribution in [0.3, 0.4) is 0 Å². The quantitative estimate of drug-likeness (QED) is 0.339. The van der Waals surface area contributed by atoms with Gasteiger partial charge in [-0.1, -0.05) is 18.2 Å². The van der Waals surface area contributed by atoms with Gasteiger partial charge in [0.05, 0.1) is 12.8 Å². The van der Waals surface area contributed by atoms with Crippen LogP contribution in [0.1, 0.15) is 18.1 Å². The topological polar surface area (TPSA) is 99.6 Å². The third kappa shape index (κ3) is 5.34. The van der Waals surface area contributed by atoms with Crippen molar-refractivity contribution in [2.24, 2.45) is 5.10 Å². The van der Waals surface area contributed by atoms with Crippen molar-refractivity contribution in [1.29, 1.82) is 0 Å². The molecule has 0 aliphatic carbocycles. The van der Waals surface area contributed by atoms with E-state index in [2.05, 4.69) is 20.7 Å². The van der Waals surface area contributed by atoms with Gasteiger partial charge >= 0.3 is 0 Å². The Morgan fingerprint density at radius 3 is 2.75 bits per heavy atom. The van der Waals surface area contributed by atoms with E-state index in [-0.39, 0.29) is 24.8 Å². The summed E-state index contributed by atoms with van der Waals surface area (Å²) in [6, 6.07) is 11.8. The molecule has 0 atom stereocenters. The van der Waals surface area contributed by atoms with E-state index in [9.17, 15) is 4.39 Å². The second-order valence-corrected chi connectivity index (χ2v) is 5.45. The van der Waals surface area contributed by atoms with Crippen molar-refractivity contribution in [3.05, 3.63) is 65.7 Å². The largest absolute Gasteiger partial charge is 0.490 e. The van der Waals surface area contributed by atoms with Crippen LogP contribution in [0.4, 0.5) is 10.3 Å². The van der Waals surface area contributed by atoms with Gasteiger partial charge in [0.2, 0.25) is 0 Å². The summed E-state index contributed by atoms with van der Waals surface area (Å²) >= 11 is 0. The first-order valence-corrected chi connectivity index (χ1v) is 8.24. The number of nitrogen functional groups attached to an aromatic ring is 1. The molecular weight excluding hydrogens is 387 g/mol. The van der Waals surface area contributed by atoms with E-state index in [1.54, 1.807) is 42.6 Å². The summed E-state index contributed by atoms with van der Waals surface area (Å²) in [5.41, 5.74) is 3.92. The zero-order valence-corrected chi connectivity index (χ0v) is 15.9. The molecule has 0 aliphatic heterocycles. The smallest absolute Gasteiger partial charge is 0.263 e. The van der Waals surface area contributed by atoms with E-state index < -0.39 is 0 Å². The van der Waals surface area contributed by atoms with Crippen LogP contribution in [0, 0.1) is 5.82 Å². The van der Waals surface area contributed by atoms with Gasteiger partial charge in [-0.15, -0.1) is 22.6 Å². The minimum atomic E-state index is -0.307. The molecule has 3 rings (SSSR count). The molecule has 1 aromatic heterocycles. The Labute approximate surface area is 167 Å². The van der Waals surface area contributed by atoms with E-state index in [1.165, 1.54) is 17.1 Å². The van der Waals surface area contributed by atoms with Gasteiger partial charge in [-0.25, -0.2) is 14.5 Å². The van der Waals surface area contributed by atoms with Gasteiger partial charge < -0.3 is 15.3 Å². The molecule has 8 nitrogen and oxygen atoms in total. The lowest BCUT2D eigenvalue weighted by molar-refractivity contribution is 0.266. The molecule has 0 saturated carbocycles. The molecule has 0 bridgehead atoms. The Morgan fingerprint density at radius 2 is 2.04 bits per heavy atom. The molecule has 0 fully saturated rings. The molecule has 2 aromatic carbocycles. The van der Waals surface area contributed by atoms with E-state index in [0.717, 1.165) is 5.56 Å². The van der Waals surface area contributed by atoms with Crippen LogP contribution < -0.4 is 20.7 Å². The molecule has 10 heteroatoms. The fourth-order valence-electron chi connectivity index (χ4n) is 2.25. The monoisotopic (exact) mass is 406 g/mol. The van der Waals surface area contributed by atoms with Crippen molar-refractivity contribution < 1.29 is 13.9 Å². The van der Waals surface area contributed by atoms with Crippen LogP contribution in [0.5, 0.6) is 11.5 Å². The molecule has 0 aliphatic rings. The minimum absolute atomic E-state index is 0. The van der Waals surface area contributed by atoms with Gasteiger partial charge in [-0.3, -0.25) is 0 Å². The van der Waals surface area contributed by atoms with Crippen LogP contribution in [0.2, 0.25) is 0 Å². The lowest BCUT2D eigenvalue weighted by Crippen LogP contribution is -2.10. The van der Waals surface area contributed by atoms with Crippen molar-refractivity contribution in [1.82, 2.24) is 14.9 Å². The van der Waals surface area contributed by atoms with Crippen molar-refractivity contribution in [2.45, 2.75) is 13.5 Å². The maximum absolute atomic E-state index is 13.7. The standard InChI is InChI=1S/C18H19FN6O2.ClH/c1-2-26-17-9-13(10-21-23-18-24-22-12-25(18)20)7-8-16(17)27-11-14-5-3-4-6-15(14)19;/h3-10,12H,2,11,20H2,1H3,(H,23,24);1H/b21-10+;. The van der Waals surface area contributed by atoms with Gasteiger partial charge in [0, 0.05) is 5.56 Å². The molecule has 0 spiro atoms. The highest BCUT2D eigenvalue weighted by molar-refractivity contribution is 5.85. The summed E-state index contributed by atoms with van der Waals surface area (Å²) < 4.78 is 26.3. The molecular formula is C18H20ClFN6O2. The SMILES string of the molecule is CCOc1cc(/C=N/Nc2nncn2N)ccc1OCc1ccccc1F.Cl. The van der Waals surface area contributed by atoms with Crippen molar-refractivity contribution in [3.8, 4) is 11.5 Å². The molecule has 0 unspecified atom stereocenters. The third-order valence-electron chi connectivity index (χ3n) is 3.56. The number of nitrogens with zero attached hydrogens (tertiary/aromatic N) is 4. The number of rotatable bonds is 8. The van der Waals surface area contributed by atoms with Gasteiger partial charge in [0.15, 0.2) is 11.5 Å². The number of hydrogen-bond acceptors (Lipinski definition) is 7. The van der Waals surface area contributed by atoms with Crippen LogP contribution in [0.25, 0.3) is 0 Å². The van der Waals surface area contributed by atoms with E-state index >= 15 is 0 Å². The number of nitrogens with two attached hydrogens (primary N) is 1. The Hall–Kier alpha value is -3.33. The Balaban J connectivity index is 0.00000280. The van der Waals surface area contributed by atoms with Gasteiger partial charge in [0.25, 0.3) is 5.95 Å². The average Bonchev–Trinajstić information content (AvgIpc) is 3.07.